The molecule has 0 bridgehead atoms. The van der Waals surface area contributed by atoms with E-state index in [-0.39, 0.29) is 39.4 Å². The van der Waals surface area contributed by atoms with Crippen LogP contribution in [-0.4, -0.2) is 26.2 Å². The number of methoxy groups -OCH3 is 2. The third kappa shape index (κ3) is 39.0. The van der Waals surface area contributed by atoms with Gasteiger partial charge in [-0.3, -0.25) is 11.4 Å². The maximum absolute atomic E-state index is 10.1. The van der Waals surface area contributed by atoms with E-state index in [1.807, 2.05) is 22.6 Å². The molecule has 0 saturated carbocycles. The summed E-state index contributed by atoms with van der Waals surface area (Å²) in [5, 5.41) is 0. The summed E-state index contributed by atoms with van der Waals surface area (Å²) in [6, 6.07) is 0. The van der Waals surface area contributed by atoms with Crippen LogP contribution < -0.4 is 29.6 Å². The van der Waals surface area contributed by atoms with E-state index in [1.54, 1.807) is 22.6 Å². The molecule has 0 aromatic carbocycles. The van der Waals surface area contributed by atoms with Crippen molar-refractivity contribution in [3.8, 4) is 0 Å². The van der Waals surface area contributed by atoms with Gasteiger partial charge in [-0.1, -0.05) is 48.8 Å². The van der Waals surface area contributed by atoms with Gasteiger partial charge in [0.2, 0.25) is 0 Å². The van der Waals surface area contributed by atoms with Crippen LogP contribution in [-0.2, 0) is 25.3 Å². The molecular formula is C8H8I5NaO4Pt-2. The molecule has 0 spiro atoms. The molecular weight excluding hydrogens is 1010 g/mol. The normalized spacial score (nSPS) is 8.68. The Balaban J connectivity index is -0.0000000900. The summed E-state index contributed by atoms with van der Waals surface area (Å²) in [4.78, 5) is 20.2. The van der Waals surface area contributed by atoms with Gasteiger partial charge in [0.25, 0.3) is 0 Å². The quantitative estimate of drug-likeness (QED) is 0.139. The van der Waals surface area contributed by atoms with Crippen molar-refractivity contribution >= 4 is 115 Å². The third-order valence-electron chi connectivity index (χ3n) is 0.738. The van der Waals surface area contributed by atoms with Gasteiger partial charge in [-0.05, 0) is 0 Å². The number of hydrogen-bond acceptors (Lipinski definition) is 4. The Labute approximate surface area is 200 Å². The van der Waals surface area contributed by atoms with Crippen LogP contribution in [0.15, 0.2) is 7.66 Å². The van der Waals surface area contributed by atoms with Crippen molar-refractivity contribution in [2.24, 2.45) is 0 Å². The first-order chi connectivity index (χ1) is 8.22. The van der Waals surface area contributed by atoms with Gasteiger partial charge < -0.3 is 20.3 Å². The second-order valence-corrected chi connectivity index (χ2v) is 53.3. The average molecular weight is 1020 g/mol. The predicted octanol–water partition coefficient (Wildman–Crippen LogP) is 1.48. The fourth-order valence-electron chi connectivity index (χ4n) is 0.201. The van der Waals surface area contributed by atoms with E-state index in [0.717, 1.165) is 0 Å². The molecule has 0 amide bonds. The Hall–Kier alpha value is 3.76. The van der Waals surface area contributed by atoms with Gasteiger partial charge in [0.05, 0.1) is 14.2 Å². The molecule has 0 fully saturated rings. The van der Waals surface area contributed by atoms with Crippen LogP contribution in [0.3, 0.4) is 0 Å². The SMILES string of the molecule is COC(=O)[C-]=CI.[CH-]=C(I)C(=O)OC.[I][Pt-]([I])[I].[Na+]. The molecule has 0 aliphatic rings. The van der Waals surface area contributed by atoms with Crippen LogP contribution >= 0.6 is 103 Å². The number of esters is 2. The summed E-state index contributed by atoms with van der Waals surface area (Å²) in [6.45, 7) is 4.98. The number of carbonyl (C=O) groups is 2. The molecule has 0 aromatic heterocycles. The van der Waals surface area contributed by atoms with Gasteiger partial charge in [-0.15, -0.1) is 0 Å². The van der Waals surface area contributed by atoms with Crippen LogP contribution in [0, 0.1) is 12.7 Å². The Bertz CT molecular complexity index is 286. The van der Waals surface area contributed by atoms with Gasteiger partial charge in [0.15, 0.2) is 5.97 Å². The van der Waals surface area contributed by atoms with Crippen molar-refractivity contribution in [1.82, 2.24) is 0 Å². The molecule has 0 rings (SSSR count). The maximum atomic E-state index is 10.1. The summed E-state index contributed by atoms with van der Waals surface area (Å²) < 4.78 is 10.0. The first kappa shape index (κ1) is 30.6. The standard InChI is InChI=1S/2C4H4IO2.3HI.Na.Pt/c1-7-4(6)2-3-5;1-3(5)4(6)7-2;;;;;/h3H,1H3;1H,2H3;3*1H;;/q2*-1;;;;+1;+2/p-3. The minimum Gasteiger partial charge on any atom is 1.00 e. The van der Waals surface area contributed by atoms with E-state index in [4.69, 9.17) is 6.58 Å². The molecule has 0 atom stereocenters. The summed E-state index contributed by atoms with van der Waals surface area (Å²) in [5.41, 5.74) is 0. The zero-order valence-corrected chi connectivity index (χ0v) is 25.1. The van der Waals surface area contributed by atoms with Gasteiger partial charge in [0.1, 0.15) is 5.97 Å². The molecule has 4 nitrogen and oxygen atoms in total. The van der Waals surface area contributed by atoms with Gasteiger partial charge in [0, 0.05) is 0 Å². The summed E-state index contributed by atoms with van der Waals surface area (Å²) >= 11 is 11.0. The monoisotopic (exact) mass is 1020 g/mol. The van der Waals surface area contributed by atoms with Gasteiger partial charge >= 0.3 is 93.9 Å². The molecule has 0 N–H and O–H groups in total. The molecule has 0 aromatic rings. The van der Waals surface area contributed by atoms with E-state index in [1.165, 1.54) is 18.3 Å². The van der Waals surface area contributed by atoms with Crippen molar-refractivity contribution < 1.29 is 54.9 Å². The fourth-order valence-corrected chi connectivity index (χ4v) is 0.675. The van der Waals surface area contributed by atoms with Crippen LogP contribution in [0.5, 0.6) is 0 Å². The topological polar surface area (TPSA) is 52.6 Å². The first-order valence-electron chi connectivity index (χ1n) is 3.48. The van der Waals surface area contributed by atoms with E-state index < -0.39 is 11.9 Å². The zero-order chi connectivity index (χ0) is 15.1. The third-order valence-corrected chi connectivity index (χ3v) is 1.49. The number of rotatable bonds is 2. The molecule has 19 heavy (non-hydrogen) atoms. The Morgan fingerprint density at radius 1 is 1.21 bits per heavy atom. The molecule has 0 unspecified atom stereocenters. The molecule has 0 saturated heterocycles. The van der Waals surface area contributed by atoms with E-state index >= 15 is 0 Å². The van der Waals surface area contributed by atoms with Crippen molar-refractivity contribution in [2.75, 3.05) is 14.2 Å². The zero-order valence-electron chi connectivity index (χ0n) is 9.99. The maximum Gasteiger partial charge on any atom is 1.00 e. The number of carbonyl (C=O) groups excluding carboxylic acids is 2. The van der Waals surface area contributed by atoms with Crippen molar-refractivity contribution in [1.29, 1.82) is 0 Å². The molecule has 0 heterocycles. The first-order valence-corrected chi connectivity index (χ1v) is 25.1. The Kier molecular flexibility index (Phi) is 38.7. The van der Waals surface area contributed by atoms with Crippen molar-refractivity contribution in [3.63, 3.8) is 0 Å². The smallest absolute Gasteiger partial charge is 1.00 e. The molecule has 0 aliphatic carbocycles. The Morgan fingerprint density at radius 2 is 1.58 bits per heavy atom. The fraction of sp³-hybridized carbons (Fsp3) is 0.250. The van der Waals surface area contributed by atoms with E-state index in [0.29, 0.717) is 0 Å². The number of halogens is 5. The second-order valence-electron chi connectivity index (χ2n) is 1.72. The van der Waals surface area contributed by atoms with Crippen LogP contribution in [0.25, 0.3) is 0 Å². The number of ether oxygens (including phenoxy) is 2. The summed E-state index contributed by atoms with van der Waals surface area (Å²) in [7, 11) is 2.60. The predicted molar refractivity (Wildman–Crippen MR) is 110 cm³/mol. The summed E-state index contributed by atoms with van der Waals surface area (Å²) in [6.07, 6.45) is 1.94. The van der Waals surface area contributed by atoms with Gasteiger partial charge in [-0.25, -0.2) is 0 Å². The van der Waals surface area contributed by atoms with Crippen molar-refractivity contribution in [3.05, 3.63) is 20.3 Å². The molecule has 0 radical (unpaired) electrons. The van der Waals surface area contributed by atoms with E-state index in [9.17, 15) is 9.59 Å². The van der Waals surface area contributed by atoms with Crippen LogP contribution in [0.4, 0.5) is 0 Å². The van der Waals surface area contributed by atoms with Crippen LogP contribution in [0.1, 0.15) is 0 Å². The Morgan fingerprint density at radius 3 is 1.63 bits per heavy atom. The minimum atomic E-state index is -0.472. The average Bonchev–Trinajstić information content (AvgIpc) is 2.28. The number of hydrogen-bond donors (Lipinski definition) is 0. The molecule has 0 aliphatic heterocycles. The van der Waals surface area contributed by atoms with Crippen LogP contribution in [0.2, 0.25) is 0 Å². The largest absolute Gasteiger partial charge is 1.00 e. The summed E-state index contributed by atoms with van der Waals surface area (Å²) in [5.74, 6) is -0.907. The molecule has 11 heteroatoms. The van der Waals surface area contributed by atoms with Crippen molar-refractivity contribution in [2.45, 2.75) is 0 Å². The minimum absolute atomic E-state index is 0. The van der Waals surface area contributed by atoms with Gasteiger partial charge in [-0.2, -0.15) is 4.08 Å². The second kappa shape index (κ2) is 24.0. The van der Waals surface area contributed by atoms with E-state index in [2.05, 4.69) is 73.6 Å². The molecule has 112 valence electrons.